The number of nitrogens with two attached hydrogens (primary N) is 1. The van der Waals surface area contributed by atoms with Crippen LogP contribution in [0.4, 0.5) is 5.69 Å². The number of benzene rings is 1. The Morgan fingerprint density at radius 1 is 1.50 bits per heavy atom. The zero-order valence-corrected chi connectivity index (χ0v) is 10.6. The highest BCUT2D eigenvalue weighted by atomic mass is 16.2. The van der Waals surface area contributed by atoms with Crippen molar-refractivity contribution in [1.82, 2.24) is 5.32 Å². The molecule has 0 aliphatic carbocycles. The maximum absolute atomic E-state index is 12.2. The Labute approximate surface area is 106 Å². The average Bonchev–Trinajstić information content (AvgIpc) is 2.61. The predicted octanol–water partition coefficient (Wildman–Crippen LogP) is 0.341. The van der Waals surface area contributed by atoms with Gasteiger partial charge in [0.05, 0.1) is 0 Å². The number of likely N-dealkylation sites (N-methyl/N-ethyl adjacent to an activating group) is 1. The van der Waals surface area contributed by atoms with Gasteiger partial charge < -0.3 is 16.0 Å². The highest BCUT2D eigenvalue weighted by Gasteiger charge is 2.36. The van der Waals surface area contributed by atoms with Crippen LogP contribution in [-0.2, 0) is 16.0 Å². The van der Waals surface area contributed by atoms with Crippen LogP contribution in [0.2, 0.25) is 0 Å². The number of rotatable bonds is 4. The standard InChI is InChI=1S/C13H17N3O2/c1-3-8-4-5-10-9(6-8)12(15-2)13(18)16(10)7-11(14)17/h4-6,12,15H,3,7H2,1-2H3,(H2,14,17). The second kappa shape index (κ2) is 4.78. The van der Waals surface area contributed by atoms with Gasteiger partial charge in [-0.25, -0.2) is 0 Å². The molecule has 1 heterocycles. The summed E-state index contributed by atoms with van der Waals surface area (Å²) in [5.41, 5.74) is 8.04. The van der Waals surface area contributed by atoms with Gasteiger partial charge in [0.25, 0.3) is 0 Å². The van der Waals surface area contributed by atoms with Crippen LogP contribution in [0.1, 0.15) is 24.1 Å². The molecule has 5 nitrogen and oxygen atoms in total. The number of hydrogen-bond donors (Lipinski definition) is 2. The van der Waals surface area contributed by atoms with Gasteiger partial charge in [-0.2, -0.15) is 0 Å². The molecular formula is C13H17N3O2. The first-order valence-corrected chi connectivity index (χ1v) is 5.98. The Morgan fingerprint density at radius 3 is 2.78 bits per heavy atom. The molecule has 1 aliphatic heterocycles. The third-order valence-corrected chi connectivity index (χ3v) is 3.22. The van der Waals surface area contributed by atoms with E-state index in [0.29, 0.717) is 0 Å². The zero-order chi connectivity index (χ0) is 13.3. The molecule has 1 aliphatic rings. The molecule has 5 heteroatoms. The third kappa shape index (κ3) is 1.97. The van der Waals surface area contributed by atoms with E-state index in [1.54, 1.807) is 7.05 Å². The van der Waals surface area contributed by atoms with E-state index in [2.05, 4.69) is 12.2 Å². The quantitative estimate of drug-likeness (QED) is 0.805. The molecule has 0 bridgehead atoms. The molecule has 3 N–H and O–H groups in total. The smallest absolute Gasteiger partial charge is 0.249 e. The number of nitrogens with one attached hydrogen (secondary N) is 1. The second-order valence-corrected chi connectivity index (χ2v) is 4.36. The van der Waals surface area contributed by atoms with E-state index in [4.69, 9.17) is 5.73 Å². The molecule has 0 saturated heterocycles. The summed E-state index contributed by atoms with van der Waals surface area (Å²) in [6.07, 6.45) is 0.910. The normalized spacial score (nSPS) is 18.0. The van der Waals surface area contributed by atoms with Gasteiger partial charge >= 0.3 is 0 Å². The molecule has 2 rings (SSSR count). The average molecular weight is 247 g/mol. The van der Waals surface area contributed by atoms with E-state index in [-0.39, 0.29) is 18.5 Å². The largest absolute Gasteiger partial charge is 0.368 e. The first-order chi connectivity index (χ1) is 8.58. The number of amides is 2. The van der Waals surface area contributed by atoms with Crippen molar-refractivity contribution in [1.29, 1.82) is 0 Å². The van der Waals surface area contributed by atoms with Crippen LogP contribution in [0.3, 0.4) is 0 Å². The minimum Gasteiger partial charge on any atom is -0.368 e. The summed E-state index contributed by atoms with van der Waals surface area (Å²) in [5, 5.41) is 2.98. The van der Waals surface area contributed by atoms with Gasteiger partial charge in [-0.3, -0.25) is 9.59 Å². The number of carbonyl (C=O) groups is 2. The summed E-state index contributed by atoms with van der Waals surface area (Å²) in [4.78, 5) is 24.7. The molecule has 1 aromatic rings. The molecule has 1 aromatic carbocycles. The fraction of sp³-hybridized carbons (Fsp3) is 0.385. The van der Waals surface area contributed by atoms with Gasteiger partial charge in [-0.15, -0.1) is 0 Å². The monoisotopic (exact) mass is 247 g/mol. The van der Waals surface area contributed by atoms with Crippen molar-refractivity contribution in [2.75, 3.05) is 18.5 Å². The van der Waals surface area contributed by atoms with Gasteiger partial charge in [0.15, 0.2) is 0 Å². The highest BCUT2D eigenvalue weighted by molar-refractivity contribution is 6.07. The van der Waals surface area contributed by atoms with Gasteiger partial charge in [0.1, 0.15) is 12.6 Å². The van der Waals surface area contributed by atoms with E-state index in [1.165, 1.54) is 10.5 Å². The topological polar surface area (TPSA) is 75.4 Å². The Morgan fingerprint density at radius 2 is 2.22 bits per heavy atom. The third-order valence-electron chi connectivity index (χ3n) is 3.22. The summed E-state index contributed by atoms with van der Waals surface area (Å²) in [6, 6.07) is 5.48. The lowest BCUT2D eigenvalue weighted by molar-refractivity contribution is -0.123. The van der Waals surface area contributed by atoms with E-state index in [0.717, 1.165) is 17.7 Å². The van der Waals surface area contributed by atoms with Gasteiger partial charge in [-0.05, 0) is 25.1 Å². The summed E-state index contributed by atoms with van der Waals surface area (Å²) in [7, 11) is 1.73. The summed E-state index contributed by atoms with van der Waals surface area (Å²) in [6.45, 7) is 1.99. The van der Waals surface area contributed by atoms with E-state index >= 15 is 0 Å². The highest BCUT2D eigenvalue weighted by Crippen LogP contribution is 2.36. The maximum atomic E-state index is 12.2. The Hall–Kier alpha value is -1.88. The number of primary amides is 1. The van der Waals surface area contributed by atoms with Crippen molar-refractivity contribution in [3.8, 4) is 0 Å². The van der Waals surface area contributed by atoms with Crippen molar-refractivity contribution in [2.24, 2.45) is 5.73 Å². The van der Waals surface area contributed by atoms with Crippen molar-refractivity contribution in [3.63, 3.8) is 0 Å². The van der Waals surface area contributed by atoms with Crippen molar-refractivity contribution >= 4 is 17.5 Å². The van der Waals surface area contributed by atoms with Gasteiger partial charge in [-0.1, -0.05) is 19.1 Å². The first kappa shape index (κ1) is 12.6. The van der Waals surface area contributed by atoms with Crippen LogP contribution < -0.4 is 16.0 Å². The van der Waals surface area contributed by atoms with E-state index < -0.39 is 5.91 Å². The number of hydrogen-bond acceptors (Lipinski definition) is 3. The number of carbonyl (C=O) groups excluding carboxylic acids is 2. The molecule has 18 heavy (non-hydrogen) atoms. The lowest BCUT2D eigenvalue weighted by Gasteiger charge is -2.15. The van der Waals surface area contributed by atoms with Gasteiger partial charge in [0, 0.05) is 11.3 Å². The molecule has 1 atom stereocenters. The Kier molecular flexibility index (Phi) is 3.34. The minimum absolute atomic E-state index is 0.0739. The number of anilines is 1. The van der Waals surface area contributed by atoms with Crippen LogP contribution in [0.15, 0.2) is 18.2 Å². The maximum Gasteiger partial charge on any atom is 0.249 e. The Bertz CT molecular complexity index is 499. The van der Waals surface area contributed by atoms with E-state index in [9.17, 15) is 9.59 Å². The van der Waals surface area contributed by atoms with Crippen molar-refractivity contribution < 1.29 is 9.59 Å². The lowest BCUT2D eigenvalue weighted by Crippen LogP contribution is -2.39. The van der Waals surface area contributed by atoms with Crippen LogP contribution >= 0.6 is 0 Å². The zero-order valence-electron chi connectivity index (χ0n) is 10.6. The molecule has 2 amide bonds. The summed E-state index contributed by atoms with van der Waals surface area (Å²) in [5.74, 6) is -0.634. The summed E-state index contributed by atoms with van der Waals surface area (Å²) < 4.78 is 0. The molecular weight excluding hydrogens is 230 g/mol. The summed E-state index contributed by atoms with van der Waals surface area (Å²) >= 11 is 0. The molecule has 0 aromatic heterocycles. The fourth-order valence-electron chi connectivity index (χ4n) is 2.31. The number of fused-ring (bicyclic) bond motifs is 1. The molecule has 96 valence electrons. The molecule has 0 radical (unpaired) electrons. The second-order valence-electron chi connectivity index (χ2n) is 4.36. The predicted molar refractivity (Wildman–Crippen MR) is 69.2 cm³/mol. The lowest BCUT2D eigenvalue weighted by atomic mass is 10.0. The molecule has 1 unspecified atom stereocenters. The number of nitrogens with zero attached hydrogens (tertiary/aromatic N) is 1. The first-order valence-electron chi connectivity index (χ1n) is 5.98. The molecule has 0 spiro atoms. The van der Waals surface area contributed by atoms with Crippen LogP contribution in [0.25, 0.3) is 0 Å². The number of aryl methyl sites for hydroxylation is 1. The van der Waals surface area contributed by atoms with Crippen LogP contribution in [-0.4, -0.2) is 25.4 Å². The van der Waals surface area contributed by atoms with Gasteiger partial charge in [0.2, 0.25) is 11.8 Å². The minimum atomic E-state index is -0.509. The van der Waals surface area contributed by atoms with Crippen molar-refractivity contribution in [2.45, 2.75) is 19.4 Å². The SMILES string of the molecule is CCc1ccc2c(c1)C(NC)C(=O)N2CC(N)=O. The van der Waals surface area contributed by atoms with E-state index in [1.807, 2.05) is 18.2 Å². The Balaban J connectivity index is 2.45. The van der Waals surface area contributed by atoms with Crippen LogP contribution in [0, 0.1) is 0 Å². The van der Waals surface area contributed by atoms with Crippen molar-refractivity contribution in [3.05, 3.63) is 29.3 Å². The molecule has 0 fully saturated rings. The van der Waals surface area contributed by atoms with Crippen LogP contribution in [0.5, 0.6) is 0 Å². The molecule has 0 saturated carbocycles. The fourth-order valence-corrected chi connectivity index (χ4v) is 2.31.